The van der Waals surface area contributed by atoms with Gasteiger partial charge in [-0.15, -0.1) is 0 Å². The molecule has 0 bridgehead atoms. The molecular weight excluding hydrogens is 328 g/mol. The van der Waals surface area contributed by atoms with E-state index in [9.17, 15) is 14.4 Å². The molecule has 0 aromatic heterocycles. The summed E-state index contributed by atoms with van der Waals surface area (Å²) in [4.78, 5) is 35.3. The molecule has 0 heterocycles. The molecule has 0 fully saturated rings. The zero-order chi connectivity index (χ0) is 19.0. The lowest BCUT2D eigenvalue weighted by Crippen LogP contribution is -2.31. The van der Waals surface area contributed by atoms with E-state index in [2.05, 4.69) is 10.6 Å². The molecule has 0 aliphatic heterocycles. The van der Waals surface area contributed by atoms with Crippen LogP contribution in [0.2, 0.25) is 0 Å². The van der Waals surface area contributed by atoms with Gasteiger partial charge in [-0.25, -0.2) is 4.79 Å². The number of nitrogens with one attached hydrogen (secondary N) is 2. The Morgan fingerprint density at radius 2 is 1.68 bits per heavy atom. The van der Waals surface area contributed by atoms with E-state index in [1.54, 1.807) is 0 Å². The average molecular weight is 352 g/mol. The monoisotopic (exact) mass is 352 g/mol. The van der Waals surface area contributed by atoms with Crippen molar-refractivity contribution in [3.8, 4) is 11.5 Å². The maximum Gasteiger partial charge on any atom is 0.340 e. The Labute approximate surface area is 146 Å². The van der Waals surface area contributed by atoms with E-state index in [1.807, 2.05) is 13.8 Å². The van der Waals surface area contributed by atoms with Crippen molar-refractivity contribution >= 4 is 23.5 Å². The van der Waals surface area contributed by atoms with Crippen LogP contribution in [-0.4, -0.2) is 45.2 Å². The van der Waals surface area contributed by atoms with Crippen molar-refractivity contribution in [1.29, 1.82) is 0 Å². The molecule has 138 valence electrons. The molecule has 0 spiro atoms. The normalized spacial score (nSPS) is 10.2. The van der Waals surface area contributed by atoms with Crippen molar-refractivity contribution in [2.45, 2.75) is 20.8 Å². The van der Waals surface area contributed by atoms with Crippen LogP contribution in [0.4, 0.5) is 5.69 Å². The van der Waals surface area contributed by atoms with Gasteiger partial charge in [0, 0.05) is 25.6 Å². The third-order valence-electron chi connectivity index (χ3n) is 3.10. The summed E-state index contributed by atoms with van der Waals surface area (Å²) in [6.45, 7) is 5.29. The van der Waals surface area contributed by atoms with E-state index < -0.39 is 18.5 Å². The first-order chi connectivity index (χ1) is 11.8. The standard InChI is InChI=1S/C17H24N2O6/c1-10(2)8-18-16(21)9-25-17(22)12-6-14(23-4)15(24-5)7-13(12)19-11(3)20/h6-7,10H,8-9H2,1-5H3,(H,18,21)(H,19,20). The molecule has 8 heteroatoms. The number of anilines is 1. The third-order valence-corrected chi connectivity index (χ3v) is 3.10. The predicted molar refractivity (Wildman–Crippen MR) is 92.0 cm³/mol. The van der Waals surface area contributed by atoms with Crippen molar-refractivity contribution in [3.05, 3.63) is 17.7 Å². The molecule has 0 radical (unpaired) electrons. The summed E-state index contributed by atoms with van der Waals surface area (Å²) in [5, 5.41) is 5.18. The summed E-state index contributed by atoms with van der Waals surface area (Å²) in [6, 6.07) is 2.84. The summed E-state index contributed by atoms with van der Waals surface area (Å²) in [5.41, 5.74) is 0.266. The van der Waals surface area contributed by atoms with Gasteiger partial charge in [-0.05, 0) is 5.92 Å². The van der Waals surface area contributed by atoms with Gasteiger partial charge in [0.2, 0.25) is 5.91 Å². The first kappa shape index (κ1) is 20.3. The number of hydrogen-bond acceptors (Lipinski definition) is 6. The van der Waals surface area contributed by atoms with E-state index in [0.717, 1.165) is 0 Å². The minimum Gasteiger partial charge on any atom is -0.493 e. The fourth-order valence-corrected chi connectivity index (χ4v) is 1.92. The highest BCUT2D eigenvalue weighted by Crippen LogP contribution is 2.33. The molecule has 1 aromatic carbocycles. The molecule has 0 aliphatic carbocycles. The number of carbonyl (C=O) groups is 3. The number of carbonyl (C=O) groups excluding carboxylic acids is 3. The number of amides is 2. The molecule has 1 aromatic rings. The predicted octanol–water partition coefficient (Wildman–Crippen LogP) is 1.59. The van der Waals surface area contributed by atoms with Crippen molar-refractivity contribution in [2.75, 3.05) is 32.7 Å². The van der Waals surface area contributed by atoms with Gasteiger partial charge in [0.1, 0.15) is 0 Å². The Hall–Kier alpha value is -2.77. The highest BCUT2D eigenvalue weighted by Gasteiger charge is 2.20. The van der Waals surface area contributed by atoms with Crippen molar-refractivity contribution < 1.29 is 28.6 Å². The van der Waals surface area contributed by atoms with Crippen LogP contribution in [0, 0.1) is 5.92 Å². The second kappa shape index (κ2) is 9.51. The average Bonchev–Trinajstić information content (AvgIpc) is 2.56. The van der Waals surface area contributed by atoms with Gasteiger partial charge in [-0.2, -0.15) is 0 Å². The Kier molecular flexibility index (Phi) is 7.71. The van der Waals surface area contributed by atoms with Gasteiger partial charge < -0.3 is 24.8 Å². The van der Waals surface area contributed by atoms with E-state index in [1.165, 1.54) is 33.3 Å². The maximum absolute atomic E-state index is 12.3. The molecule has 0 aliphatic rings. The van der Waals surface area contributed by atoms with Gasteiger partial charge in [0.25, 0.3) is 5.91 Å². The summed E-state index contributed by atoms with van der Waals surface area (Å²) < 4.78 is 15.3. The number of ether oxygens (including phenoxy) is 3. The number of benzene rings is 1. The summed E-state index contributed by atoms with van der Waals surface area (Å²) in [5.74, 6) is -0.592. The highest BCUT2D eigenvalue weighted by atomic mass is 16.5. The van der Waals surface area contributed by atoms with E-state index in [-0.39, 0.29) is 23.1 Å². The number of esters is 1. The zero-order valence-electron chi connectivity index (χ0n) is 15.1. The van der Waals surface area contributed by atoms with Crippen LogP contribution >= 0.6 is 0 Å². The Morgan fingerprint density at radius 3 is 2.20 bits per heavy atom. The molecule has 1 rings (SSSR count). The van der Waals surface area contributed by atoms with Crippen molar-refractivity contribution in [3.63, 3.8) is 0 Å². The first-order valence-corrected chi connectivity index (χ1v) is 7.75. The van der Waals surface area contributed by atoms with Crippen LogP contribution in [0.1, 0.15) is 31.1 Å². The van der Waals surface area contributed by atoms with Crippen LogP contribution in [0.15, 0.2) is 12.1 Å². The van der Waals surface area contributed by atoms with Gasteiger partial charge in [0.05, 0.1) is 25.5 Å². The Bertz CT molecular complexity index is 642. The molecule has 25 heavy (non-hydrogen) atoms. The SMILES string of the molecule is COc1cc(NC(C)=O)c(C(=O)OCC(=O)NCC(C)C)cc1OC. The second-order valence-electron chi connectivity index (χ2n) is 5.71. The molecule has 0 saturated carbocycles. The van der Waals surface area contributed by atoms with Crippen LogP contribution in [-0.2, 0) is 14.3 Å². The van der Waals surface area contributed by atoms with Gasteiger partial charge in [0.15, 0.2) is 18.1 Å². The van der Waals surface area contributed by atoms with Crippen LogP contribution in [0.25, 0.3) is 0 Å². The quantitative estimate of drug-likeness (QED) is 0.689. The molecule has 2 N–H and O–H groups in total. The molecule has 8 nitrogen and oxygen atoms in total. The topological polar surface area (TPSA) is 103 Å². The first-order valence-electron chi connectivity index (χ1n) is 7.75. The summed E-state index contributed by atoms with van der Waals surface area (Å²) in [6.07, 6.45) is 0. The molecule has 0 atom stereocenters. The lowest BCUT2D eigenvalue weighted by Gasteiger charge is -2.15. The molecular formula is C17H24N2O6. The van der Waals surface area contributed by atoms with Crippen molar-refractivity contribution in [2.24, 2.45) is 5.92 Å². The van der Waals surface area contributed by atoms with Crippen LogP contribution < -0.4 is 20.1 Å². The van der Waals surface area contributed by atoms with Crippen LogP contribution in [0.3, 0.4) is 0 Å². The van der Waals surface area contributed by atoms with Gasteiger partial charge in [-0.3, -0.25) is 9.59 Å². The Morgan fingerprint density at radius 1 is 1.08 bits per heavy atom. The maximum atomic E-state index is 12.3. The minimum absolute atomic E-state index is 0.0597. The number of methoxy groups -OCH3 is 2. The number of rotatable bonds is 8. The number of hydrogen-bond donors (Lipinski definition) is 2. The fourth-order valence-electron chi connectivity index (χ4n) is 1.92. The van der Waals surface area contributed by atoms with Crippen LogP contribution in [0.5, 0.6) is 11.5 Å². The summed E-state index contributed by atoms with van der Waals surface area (Å²) >= 11 is 0. The van der Waals surface area contributed by atoms with Gasteiger partial charge >= 0.3 is 5.97 Å². The van der Waals surface area contributed by atoms with E-state index in [4.69, 9.17) is 14.2 Å². The smallest absolute Gasteiger partial charge is 0.340 e. The van der Waals surface area contributed by atoms with E-state index in [0.29, 0.717) is 18.0 Å². The lowest BCUT2D eigenvalue weighted by atomic mass is 10.1. The van der Waals surface area contributed by atoms with E-state index >= 15 is 0 Å². The van der Waals surface area contributed by atoms with Gasteiger partial charge in [-0.1, -0.05) is 13.8 Å². The fraction of sp³-hybridized carbons (Fsp3) is 0.471. The molecule has 0 unspecified atom stereocenters. The zero-order valence-corrected chi connectivity index (χ0v) is 15.1. The lowest BCUT2D eigenvalue weighted by molar-refractivity contribution is -0.124. The van der Waals surface area contributed by atoms with Crippen molar-refractivity contribution in [1.82, 2.24) is 5.32 Å². The Balaban J connectivity index is 2.94. The molecule has 0 saturated heterocycles. The minimum atomic E-state index is -0.760. The summed E-state index contributed by atoms with van der Waals surface area (Å²) in [7, 11) is 2.86. The largest absolute Gasteiger partial charge is 0.493 e. The molecule has 2 amide bonds. The highest BCUT2D eigenvalue weighted by molar-refractivity contribution is 6.02. The third kappa shape index (κ3) is 6.33. The second-order valence-corrected chi connectivity index (χ2v) is 5.71.